The second-order valence-corrected chi connectivity index (χ2v) is 5.65. The van der Waals surface area contributed by atoms with Crippen LogP contribution in [0.1, 0.15) is 19.3 Å². The van der Waals surface area contributed by atoms with Gasteiger partial charge in [0.2, 0.25) is 0 Å². The van der Waals surface area contributed by atoms with Crippen molar-refractivity contribution >= 4 is 0 Å². The molecule has 0 aliphatic heterocycles. The molecule has 2 N–H and O–H groups in total. The van der Waals surface area contributed by atoms with E-state index in [9.17, 15) is 10.2 Å². The summed E-state index contributed by atoms with van der Waals surface area (Å²) in [5.74, 6) is 4.07. The predicted molar refractivity (Wildman–Crippen MR) is 46.8 cm³/mol. The number of hydrogen-bond acceptors (Lipinski definition) is 2. The molecule has 0 unspecified atom stereocenters. The minimum absolute atomic E-state index is 0.0788. The molecule has 2 bridgehead atoms. The van der Waals surface area contributed by atoms with Crippen LogP contribution >= 0.6 is 0 Å². The summed E-state index contributed by atoms with van der Waals surface area (Å²) in [6.45, 7) is 0. The van der Waals surface area contributed by atoms with Gasteiger partial charge in [0.25, 0.3) is 0 Å². The molecule has 4 aliphatic carbocycles. The Morgan fingerprint density at radius 3 is 1.54 bits per heavy atom. The summed E-state index contributed by atoms with van der Waals surface area (Å²) in [7, 11) is 0. The molecule has 2 nitrogen and oxygen atoms in total. The summed E-state index contributed by atoms with van der Waals surface area (Å²) in [6, 6.07) is 0. The van der Waals surface area contributed by atoms with Crippen molar-refractivity contribution in [2.75, 3.05) is 0 Å². The Labute approximate surface area is 78.0 Å². The second kappa shape index (κ2) is 1.96. The molecule has 4 fully saturated rings. The van der Waals surface area contributed by atoms with E-state index in [0.29, 0.717) is 11.8 Å². The summed E-state index contributed by atoms with van der Waals surface area (Å²) >= 11 is 0. The van der Waals surface area contributed by atoms with Crippen molar-refractivity contribution in [2.45, 2.75) is 31.5 Å². The third-order valence-electron chi connectivity index (χ3n) is 5.54. The van der Waals surface area contributed by atoms with E-state index in [0.717, 1.165) is 36.5 Å². The Kier molecular flexibility index (Phi) is 1.09. The molecule has 0 aromatic rings. The summed E-state index contributed by atoms with van der Waals surface area (Å²) < 4.78 is 0. The van der Waals surface area contributed by atoms with Gasteiger partial charge < -0.3 is 10.2 Å². The Morgan fingerprint density at radius 2 is 1.08 bits per heavy atom. The zero-order valence-corrected chi connectivity index (χ0v) is 7.63. The lowest BCUT2D eigenvalue weighted by atomic mass is 9.79. The van der Waals surface area contributed by atoms with Crippen LogP contribution in [0, 0.1) is 35.5 Å². The van der Waals surface area contributed by atoms with Gasteiger partial charge in [-0.15, -0.1) is 0 Å². The van der Waals surface area contributed by atoms with Gasteiger partial charge in [0.1, 0.15) is 0 Å². The average Bonchev–Trinajstić information content (AvgIpc) is 2.67. The van der Waals surface area contributed by atoms with Crippen molar-refractivity contribution in [2.24, 2.45) is 35.5 Å². The number of aliphatic hydroxyl groups excluding tert-OH is 2. The minimum atomic E-state index is -0.0788. The van der Waals surface area contributed by atoms with Crippen molar-refractivity contribution < 1.29 is 10.2 Å². The van der Waals surface area contributed by atoms with E-state index in [1.54, 1.807) is 0 Å². The van der Waals surface area contributed by atoms with Crippen LogP contribution in [0.3, 0.4) is 0 Å². The molecule has 0 heterocycles. The van der Waals surface area contributed by atoms with Crippen LogP contribution in [0.25, 0.3) is 0 Å². The van der Waals surface area contributed by atoms with Crippen molar-refractivity contribution in [3.8, 4) is 0 Å². The number of aliphatic hydroxyl groups is 2. The molecular weight excluding hydrogens is 164 g/mol. The van der Waals surface area contributed by atoms with E-state index < -0.39 is 0 Å². The van der Waals surface area contributed by atoms with Gasteiger partial charge in [-0.2, -0.15) is 0 Å². The molecule has 72 valence electrons. The molecule has 0 aromatic heterocycles. The molecule has 0 aromatic carbocycles. The maximum Gasteiger partial charge on any atom is 0.0577 e. The molecule has 0 spiro atoms. The molecule has 0 saturated heterocycles. The topological polar surface area (TPSA) is 40.5 Å². The highest BCUT2D eigenvalue weighted by Crippen LogP contribution is 2.70. The normalized spacial score (nSPS) is 72.5. The van der Waals surface area contributed by atoms with Crippen LogP contribution in [0.15, 0.2) is 0 Å². The molecule has 4 saturated carbocycles. The van der Waals surface area contributed by atoms with Gasteiger partial charge in [0.05, 0.1) is 12.2 Å². The third-order valence-corrected chi connectivity index (χ3v) is 5.54. The standard InChI is InChI=1S/C11H16O2/c12-8-2-4-5-3-9(13)11-7(5)1-6(4)10(8)11/h4-13H,1-3H2/t4-,5+,6-,7+,8-,9+,10-,11+. The first kappa shape index (κ1) is 7.24. The fraction of sp³-hybridized carbons (Fsp3) is 1.00. The van der Waals surface area contributed by atoms with Gasteiger partial charge >= 0.3 is 0 Å². The zero-order valence-electron chi connectivity index (χ0n) is 7.63. The number of fused-ring (bicyclic) bond motifs is 2. The maximum atomic E-state index is 9.93. The molecule has 0 radical (unpaired) electrons. The zero-order chi connectivity index (χ0) is 8.74. The third kappa shape index (κ3) is 0.608. The lowest BCUT2D eigenvalue weighted by Crippen LogP contribution is -2.30. The molecule has 8 atom stereocenters. The van der Waals surface area contributed by atoms with E-state index in [-0.39, 0.29) is 12.2 Å². The van der Waals surface area contributed by atoms with E-state index in [1.807, 2.05) is 0 Å². The van der Waals surface area contributed by atoms with Crippen LogP contribution in [-0.2, 0) is 0 Å². The highest BCUT2D eigenvalue weighted by Gasteiger charge is 2.68. The molecule has 4 aliphatic rings. The first-order chi connectivity index (χ1) is 6.27. The van der Waals surface area contributed by atoms with Crippen LogP contribution < -0.4 is 0 Å². The van der Waals surface area contributed by atoms with Crippen LogP contribution in [0.5, 0.6) is 0 Å². The fourth-order valence-corrected chi connectivity index (χ4v) is 5.41. The maximum absolute atomic E-state index is 9.93. The largest absolute Gasteiger partial charge is 0.393 e. The summed E-state index contributed by atoms with van der Waals surface area (Å²) in [5, 5.41) is 19.9. The lowest BCUT2D eigenvalue weighted by molar-refractivity contribution is 0.0365. The van der Waals surface area contributed by atoms with Crippen LogP contribution in [0.4, 0.5) is 0 Å². The van der Waals surface area contributed by atoms with Gasteiger partial charge in [-0.25, -0.2) is 0 Å². The summed E-state index contributed by atoms with van der Waals surface area (Å²) in [4.78, 5) is 0. The molecule has 13 heavy (non-hydrogen) atoms. The van der Waals surface area contributed by atoms with Crippen LogP contribution in [0.2, 0.25) is 0 Å². The average molecular weight is 180 g/mol. The monoisotopic (exact) mass is 180 g/mol. The van der Waals surface area contributed by atoms with E-state index in [2.05, 4.69) is 0 Å². The Hall–Kier alpha value is -0.0800. The molecule has 4 rings (SSSR count). The van der Waals surface area contributed by atoms with E-state index in [4.69, 9.17) is 0 Å². The smallest absolute Gasteiger partial charge is 0.0577 e. The van der Waals surface area contributed by atoms with Gasteiger partial charge in [0.15, 0.2) is 0 Å². The molecular formula is C11H16O2. The van der Waals surface area contributed by atoms with Crippen LogP contribution in [-0.4, -0.2) is 22.4 Å². The van der Waals surface area contributed by atoms with E-state index >= 15 is 0 Å². The molecule has 0 amide bonds. The summed E-state index contributed by atoms with van der Waals surface area (Å²) in [6.07, 6.45) is 3.24. The highest BCUT2D eigenvalue weighted by molar-refractivity contribution is 5.17. The molecule has 2 heteroatoms. The predicted octanol–water partition coefficient (Wildman–Crippen LogP) is 0.630. The van der Waals surface area contributed by atoms with Gasteiger partial charge in [0, 0.05) is 0 Å². The minimum Gasteiger partial charge on any atom is -0.393 e. The first-order valence-electron chi connectivity index (χ1n) is 5.63. The Morgan fingerprint density at radius 1 is 0.615 bits per heavy atom. The Balaban J connectivity index is 1.86. The van der Waals surface area contributed by atoms with Crippen molar-refractivity contribution in [1.82, 2.24) is 0 Å². The van der Waals surface area contributed by atoms with Gasteiger partial charge in [-0.1, -0.05) is 0 Å². The second-order valence-electron chi connectivity index (χ2n) is 5.65. The van der Waals surface area contributed by atoms with Crippen molar-refractivity contribution in [1.29, 1.82) is 0 Å². The fourth-order valence-electron chi connectivity index (χ4n) is 5.41. The number of hydrogen-bond donors (Lipinski definition) is 2. The SMILES string of the molecule is O[C@@H]1C[C@@H]2[C@@H]3C[C@H](O)[C@@H]4[C@H]3C[C@H]2[C@@H]41. The Bertz CT molecular complexity index is 235. The van der Waals surface area contributed by atoms with E-state index in [1.165, 1.54) is 6.42 Å². The summed E-state index contributed by atoms with van der Waals surface area (Å²) in [5.41, 5.74) is 0. The first-order valence-corrected chi connectivity index (χ1v) is 5.63. The van der Waals surface area contributed by atoms with Gasteiger partial charge in [-0.3, -0.25) is 0 Å². The van der Waals surface area contributed by atoms with Crippen molar-refractivity contribution in [3.05, 3.63) is 0 Å². The van der Waals surface area contributed by atoms with Crippen molar-refractivity contribution in [3.63, 3.8) is 0 Å². The highest BCUT2D eigenvalue weighted by atomic mass is 16.3. The quantitative estimate of drug-likeness (QED) is 0.574. The lowest BCUT2D eigenvalue weighted by Gasteiger charge is -2.27. The van der Waals surface area contributed by atoms with Gasteiger partial charge in [-0.05, 0) is 54.8 Å². The number of rotatable bonds is 0.